The fourth-order valence-corrected chi connectivity index (χ4v) is 5.08. The minimum Gasteiger partial charge on any atom is -0.385 e. The van der Waals surface area contributed by atoms with Crippen LogP contribution in [0.4, 0.5) is 5.69 Å². The van der Waals surface area contributed by atoms with Crippen LogP contribution in [0.25, 0.3) is 5.57 Å². The maximum Gasteiger partial charge on any atom is 0.136 e. The molecule has 0 bridgehead atoms. The van der Waals surface area contributed by atoms with Crippen LogP contribution in [0, 0.1) is 0 Å². The lowest BCUT2D eigenvalue weighted by Gasteiger charge is -2.40. The lowest BCUT2D eigenvalue weighted by Crippen LogP contribution is -2.45. The molecule has 1 fully saturated rings. The normalized spacial score (nSPS) is 17.2. The number of halogens is 3. The lowest BCUT2D eigenvalue weighted by molar-refractivity contribution is -0.0118. The summed E-state index contributed by atoms with van der Waals surface area (Å²) in [6.07, 6.45) is 4.40. The number of piperidine rings is 1. The van der Waals surface area contributed by atoms with E-state index in [-0.39, 0.29) is 12.4 Å². The summed E-state index contributed by atoms with van der Waals surface area (Å²) in [6, 6.07) is 24.3. The summed E-state index contributed by atoms with van der Waals surface area (Å²) in [6.45, 7) is 1.46. The van der Waals surface area contributed by atoms with Gasteiger partial charge in [-0.25, -0.2) is 4.99 Å². The molecule has 33 heavy (non-hydrogen) atoms. The number of amidine groups is 1. The molecule has 3 aromatic carbocycles. The third kappa shape index (κ3) is 5.04. The van der Waals surface area contributed by atoms with Crippen LogP contribution in [0.15, 0.2) is 88.3 Å². The van der Waals surface area contributed by atoms with Gasteiger partial charge in [-0.3, -0.25) is 0 Å². The molecule has 5 rings (SSSR count). The summed E-state index contributed by atoms with van der Waals surface area (Å²) >= 11 is 9.64. The van der Waals surface area contributed by atoms with Gasteiger partial charge in [0.05, 0.1) is 11.3 Å². The van der Waals surface area contributed by atoms with Crippen molar-refractivity contribution in [3.8, 4) is 0 Å². The molecule has 0 atom stereocenters. The van der Waals surface area contributed by atoms with Gasteiger partial charge < -0.3 is 10.0 Å². The van der Waals surface area contributed by atoms with Crippen LogP contribution in [0.3, 0.4) is 0 Å². The van der Waals surface area contributed by atoms with Crippen molar-refractivity contribution in [1.82, 2.24) is 4.90 Å². The van der Waals surface area contributed by atoms with Gasteiger partial charge in [-0.05, 0) is 66.3 Å². The summed E-state index contributed by atoms with van der Waals surface area (Å²) < 4.78 is 1.07. The standard InChI is InChI=1S/C27H24BrClN2O.ClH/c28-22-9-13-25-20(18-22)6-12-24(19-4-2-1-3-5-19)26(30-25)31-16-14-27(32,15-17-31)21-7-10-23(29)11-8-21;/h1-5,7-13,18,32H,6,14-17H2;1H. The summed E-state index contributed by atoms with van der Waals surface area (Å²) in [5.41, 5.74) is 4.61. The van der Waals surface area contributed by atoms with E-state index < -0.39 is 5.60 Å². The number of hydrogen-bond donors (Lipinski definition) is 1. The fourth-order valence-electron chi connectivity index (χ4n) is 4.55. The zero-order valence-electron chi connectivity index (χ0n) is 18.0. The first-order valence-electron chi connectivity index (χ1n) is 10.9. The Bertz CT molecular complexity index is 1180. The molecule has 2 heterocycles. The first-order valence-corrected chi connectivity index (χ1v) is 12.1. The Balaban J connectivity index is 0.00000259. The van der Waals surface area contributed by atoms with E-state index in [9.17, 15) is 5.11 Å². The Hall–Kier alpha value is -2.11. The summed E-state index contributed by atoms with van der Waals surface area (Å²) in [5.74, 6) is 0.982. The molecule has 0 aromatic heterocycles. The van der Waals surface area contributed by atoms with Gasteiger partial charge in [0.2, 0.25) is 0 Å². The Morgan fingerprint density at radius 3 is 2.33 bits per heavy atom. The quantitative estimate of drug-likeness (QED) is 0.371. The molecule has 0 spiro atoms. The Morgan fingerprint density at radius 2 is 1.64 bits per heavy atom. The van der Waals surface area contributed by atoms with Gasteiger partial charge in [0.25, 0.3) is 0 Å². The largest absolute Gasteiger partial charge is 0.385 e. The van der Waals surface area contributed by atoms with E-state index in [1.807, 2.05) is 36.4 Å². The summed E-state index contributed by atoms with van der Waals surface area (Å²) in [4.78, 5) is 7.47. The van der Waals surface area contributed by atoms with E-state index in [0.29, 0.717) is 17.9 Å². The van der Waals surface area contributed by atoms with Crippen molar-refractivity contribution in [2.24, 2.45) is 4.99 Å². The third-order valence-corrected chi connectivity index (χ3v) is 7.14. The van der Waals surface area contributed by atoms with Crippen LogP contribution >= 0.6 is 39.9 Å². The molecule has 3 nitrogen and oxygen atoms in total. The van der Waals surface area contributed by atoms with Crippen molar-refractivity contribution in [3.63, 3.8) is 0 Å². The maximum atomic E-state index is 11.3. The molecule has 0 radical (unpaired) electrons. The van der Waals surface area contributed by atoms with E-state index in [1.165, 1.54) is 5.56 Å². The van der Waals surface area contributed by atoms with E-state index in [0.717, 1.165) is 52.2 Å². The highest BCUT2D eigenvalue weighted by Gasteiger charge is 2.36. The number of fused-ring (bicyclic) bond motifs is 1. The van der Waals surface area contributed by atoms with Gasteiger partial charge in [0.15, 0.2) is 0 Å². The van der Waals surface area contributed by atoms with Crippen molar-refractivity contribution in [3.05, 3.63) is 105 Å². The predicted octanol–water partition coefficient (Wildman–Crippen LogP) is 7.18. The van der Waals surface area contributed by atoms with Gasteiger partial charge in [-0.15, -0.1) is 12.4 Å². The van der Waals surface area contributed by atoms with Crippen LogP contribution in [0.1, 0.15) is 29.5 Å². The minimum absolute atomic E-state index is 0. The molecule has 2 aliphatic rings. The van der Waals surface area contributed by atoms with Crippen LogP contribution in [0.2, 0.25) is 5.02 Å². The molecule has 3 aromatic rings. The van der Waals surface area contributed by atoms with Gasteiger partial charge in [-0.2, -0.15) is 0 Å². The maximum absolute atomic E-state index is 11.3. The molecule has 2 aliphatic heterocycles. The number of allylic oxidation sites excluding steroid dienone is 1. The molecule has 6 heteroatoms. The number of aliphatic hydroxyl groups is 1. The molecule has 0 aliphatic carbocycles. The lowest BCUT2D eigenvalue weighted by atomic mass is 9.84. The van der Waals surface area contributed by atoms with Crippen molar-refractivity contribution in [2.45, 2.75) is 24.9 Å². The van der Waals surface area contributed by atoms with E-state index in [4.69, 9.17) is 16.6 Å². The van der Waals surface area contributed by atoms with Crippen molar-refractivity contribution in [1.29, 1.82) is 0 Å². The zero-order valence-corrected chi connectivity index (χ0v) is 21.2. The number of likely N-dealkylation sites (tertiary alicyclic amines) is 1. The molecular formula is C27H25BrCl2N2O. The Kier molecular flexibility index (Phi) is 7.30. The molecule has 0 saturated carbocycles. The van der Waals surface area contributed by atoms with Crippen LogP contribution in [-0.2, 0) is 12.0 Å². The van der Waals surface area contributed by atoms with Crippen LogP contribution in [-0.4, -0.2) is 28.9 Å². The number of rotatable bonds is 2. The zero-order chi connectivity index (χ0) is 22.1. The summed E-state index contributed by atoms with van der Waals surface area (Å²) in [5, 5.41) is 12.0. The third-order valence-electron chi connectivity index (χ3n) is 6.39. The topological polar surface area (TPSA) is 35.8 Å². The van der Waals surface area contributed by atoms with Gasteiger partial charge in [-0.1, -0.05) is 76.1 Å². The first-order chi connectivity index (χ1) is 15.5. The van der Waals surface area contributed by atoms with Crippen molar-refractivity contribution in [2.75, 3.05) is 13.1 Å². The average Bonchev–Trinajstić information content (AvgIpc) is 3.00. The molecule has 0 amide bonds. The minimum atomic E-state index is -0.841. The average molecular weight is 544 g/mol. The highest BCUT2D eigenvalue weighted by Crippen LogP contribution is 2.37. The van der Waals surface area contributed by atoms with Gasteiger partial charge in [0.1, 0.15) is 5.84 Å². The molecule has 170 valence electrons. The Labute approximate surface area is 214 Å². The number of hydrogen-bond acceptors (Lipinski definition) is 3. The first kappa shape index (κ1) is 24.0. The van der Waals surface area contributed by atoms with Crippen LogP contribution < -0.4 is 0 Å². The molecular weight excluding hydrogens is 519 g/mol. The van der Waals surface area contributed by atoms with Gasteiger partial charge >= 0.3 is 0 Å². The second kappa shape index (κ2) is 10.0. The fraction of sp³-hybridized carbons (Fsp3) is 0.222. The second-order valence-electron chi connectivity index (χ2n) is 8.42. The number of benzene rings is 3. The van der Waals surface area contributed by atoms with Crippen LogP contribution in [0.5, 0.6) is 0 Å². The summed E-state index contributed by atoms with van der Waals surface area (Å²) in [7, 11) is 0. The molecule has 0 unspecified atom stereocenters. The van der Waals surface area contributed by atoms with Crippen molar-refractivity contribution < 1.29 is 5.11 Å². The molecule has 1 N–H and O–H groups in total. The predicted molar refractivity (Wildman–Crippen MR) is 143 cm³/mol. The van der Waals surface area contributed by atoms with E-state index in [1.54, 1.807) is 0 Å². The van der Waals surface area contributed by atoms with Crippen molar-refractivity contribution >= 4 is 57.0 Å². The Morgan fingerprint density at radius 1 is 0.939 bits per heavy atom. The smallest absolute Gasteiger partial charge is 0.136 e. The van der Waals surface area contributed by atoms with E-state index >= 15 is 0 Å². The number of aliphatic imine (C=N–C) groups is 1. The number of nitrogens with zero attached hydrogens (tertiary/aromatic N) is 2. The second-order valence-corrected chi connectivity index (χ2v) is 9.77. The SMILES string of the molecule is Cl.OC1(c2ccc(Cl)cc2)CCN(C2=Nc3ccc(Br)cc3CC=C2c2ccccc2)CC1. The van der Waals surface area contributed by atoms with E-state index in [2.05, 4.69) is 63.3 Å². The highest BCUT2D eigenvalue weighted by atomic mass is 79.9. The molecule has 1 saturated heterocycles. The monoisotopic (exact) mass is 542 g/mol. The van der Waals surface area contributed by atoms with Gasteiger partial charge in [0, 0.05) is 28.2 Å². The highest BCUT2D eigenvalue weighted by molar-refractivity contribution is 9.10.